The summed E-state index contributed by atoms with van der Waals surface area (Å²) >= 11 is 0. The fourth-order valence-corrected chi connectivity index (χ4v) is 1.75. The first-order chi connectivity index (χ1) is 8.58. The Labute approximate surface area is 109 Å². The van der Waals surface area contributed by atoms with Gasteiger partial charge < -0.3 is 5.32 Å². The molecule has 18 heavy (non-hydrogen) atoms. The highest BCUT2D eigenvalue weighted by Crippen LogP contribution is 2.17. The van der Waals surface area contributed by atoms with Crippen LogP contribution in [-0.4, -0.2) is 16.5 Å². The Morgan fingerprint density at radius 1 is 1.06 bits per heavy atom. The highest BCUT2D eigenvalue weighted by molar-refractivity contribution is 5.76. The maximum Gasteiger partial charge on any atom is 0.148 e. The van der Waals surface area contributed by atoms with E-state index in [-0.39, 0.29) is 0 Å². The third-order valence-electron chi connectivity index (χ3n) is 3.47. The predicted molar refractivity (Wildman–Crippen MR) is 76.8 cm³/mol. The van der Waals surface area contributed by atoms with Crippen molar-refractivity contribution in [1.82, 2.24) is 9.97 Å². The lowest BCUT2D eigenvalue weighted by atomic mass is 9.98. The molecule has 1 aromatic carbocycles. The summed E-state index contributed by atoms with van der Waals surface area (Å²) in [5.41, 5.74) is 2.87. The van der Waals surface area contributed by atoms with Crippen molar-refractivity contribution in [3.05, 3.63) is 30.0 Å². The minimum Gasteiger partial charge on any atom is -0.368 e. The normalized spacial score (nSPS) is 12.9. The average Bonchev–Trinajstić information content (AvgIpc) is 2.35. The molecule has 0 spiro atoms. The number of aromatic nitrogens is 2. The van der Waals surface area contributed by atoms with E-state index in [9.17, 15) is 0 Å². The van der Waals surface area contributed by atoms with Gasteiger partial charge in [-0.1, -0.05) is 32.9 Å². The lowest BCUT2D eigenvalue weighted by molar-refractivity contribution is 0.439. The van der Waals surface area contributed by atoms with E-state index in [0.29, 0.717) is 11.8 Å². The summed E-state index contributed by atoms with van der Waals surface area (Å²) in [6.07, 6.45) is 0. The molecule has 0 amide bonds. The van der Waals surface area contributed by atoms with E-state index in [4.69, 9.17) is 0 Å². The Bertz CT molecular complexity index is 534. The molecule has 1 atom stereocenters. The third kappa shape index (κ3) is 2.78. The summed E-state index contributed by atoms with van der Waals surface area (Å²) < 4.78 is 0. The smallest absolute Gasteiger partial charge is 0.148 e. The van der Waals surface area contributed by atoms with E-state index in [0.717, 1.165) is 29.1 Å². The number of fused-ring (bicyclic) bond motifs is 1. The summed E-state index contributed by atoms with van der Waals surface area (Å²) in [4.78, 5) is 9.21. The largest absolute Gasteiger partial charge is 0.368 e. The SMILES string of the molecule is Cc1nc2ccccc2nc1NCC(C)C(C)C. The van der Waals surface area contributed by atoms with Gasteiger partial charge in [-0.25, -0.2) is 9.97 Å². The zero-order valence-corrected chi connectivity index (χ0v) is 11.6. The van der Waals surface area contributed by atoms with Crippen molar-refractivity contribution in [1.29, 1.82) is 0 Å². The molecule has 0 saturated carbocycles. The van der Waals surface area contributed by atoms with E-state index < -0.39 is 0 Å². The van der Waals surface area contributed by atoms with Crippen molar-refractivity contribution < 1.29 is 0 Å². The van der Waals surface area contributed by atoms with Crippen LogP contribution < -0.4 is 5.32 Å². The molecule has 0 bridgehead atoms. The van der Waals surface area contributed by atoms with E-state index in [1.54, 1.807) is 0 Å². The first-order valence-corrected chi connectivity index (χ1v) is 6.55. The van der Waals surface area contributed by atoms with Crippen LogP contribution in [0.1, 0.15) is 26.5 Å². The van der Waals surface area contributed by atoms with Crippen molar-refractivity contribution in [2.24, 2.45) is 11.8 Å². The van der Waals surface area contributed by atoms with Crippen molar-refractivity contribution >= 4 is 16.9 Å². The predicted octanol–water partition coefficient (Wildman–Crippen LogP) is 3.64. The van der Waals surface area contributed by atoms with Gasteiger partial charge in [0.15, 0.2) is 0 Å². The van der Waals surface area contributed by atoms with Gasteiger partial charge in [0, 0.05) is 6.54 Å². The van der Waals surface area contributed by atoms with Gasteiger partial charge in [-0.2, -0.15) is 0 Å². The minimum atomic E-state index is 0.623. The molecule has 2 rings (SSSR count). The maximum absolute atomic E-state index is 4.63. The summed E-state index contributed by atoms with van der Waals surface area (Å²) in [5.74, 6) is 2.20. The second kappa shape index (κ2) is 5.34. The molecule has 1 N–H and O–H groups in total. The first-order valence-electron chi connectivity index (χ1n) is 6.55. The van der Waals surface area contributed by atoms with Crippen LogP contribution in [0.2, 0.25) is 0 Å². The summed E-state index contributed by atoms with van der Waals surface area (Å²) in [7, 11) is 0. The van der Waals surface area contributed by atoms with Crippen LogP contribution in [-0.2, 0) is 0 Å². The highest BCUT2D eigenvalue weighted by Gasteiger charge is 2.09. The van der Waals surface area contributed by atoms with Crippen LogP contribution in [0.25, 0.3) is 11.0 Å². The maximum atomic E-state index is 4.63. The molecular formula is C15H21N3. The molecule has 1 heterocycles. The number of anilines is 1. The summed E-state index contributed by atoms with van der Waals surface area (Å²) in [6.45, 7) is 9.67. The van der Waals surface area contributed by atoms with Crippen molar-refractivity contribution in [3.63, 3.8) is 0 Å². The van der Waals surface area contributed by atoms with Gasteiger partial charge in [-0.05, 0) is 30.9 Å². The number of hydrogen-bond acceptors (Lipinski definition) is 3. The zero-order valence-electron chi connectivity index (χ0n) is 11.6. The molecule has 0 aliphatic carbocycles. The van der Waals surface area contributed by atoms with Crippen LogP contribution >= 0.6 is 0 Å². The second-order valence-electron chi connectivity index (χ2n) is 5.25. The molecule has 0 fully saturated rings. The van der Waals surface area contributed by atoms with Crippen LogP contribution in [0.4, 0.5) is 5.82 Å². The van der Waals surface area contributed by atoms with E-state index in [1.807, 2.05) is 31.2 Å². The Morgan fingerprint density at radius 2 is 1.67 bits per heavy atom. The molecule has 0 radical (unpaired) electrons. The quantitative estimate of drug-likeness (QED) is 0.890. The number of aryl methyl sites for hydroxylation is 1. The molecule has 1 aromatic heterocycles. The van der Waals surface area contributed by atoms with Gasteiger partial charge >= 0.3 is 0 Å². The number of benzene rings is 1. The van der Waals surface area contributed by atoms with Gasteiger partial charge in [0.1, 0.15) is 5.82 Å². The molecule has 3 heteroatoms. The molecule has 0 aliphatic heterocycles. The van der Waals surface area contributed by atoms with Crippen molar-refractivity contribution in [2.75, 3.05) is 11.9 Å². The second-order valence-corrected chi connectivity index (χ2v) is 5.25. The van der Waals surface area contributed by atoms with Crippen LogP contribution in [0.3, 0.4) is 0 Å². The van der Waals surface area contributed by atoms with E-state index in [1.165, 1.54) is 0 Å². The number of rotatable bonds is 4. The van der Waals surface area contributed by atoms with Gasteiger partial charge in [0.25, 0.3) is 0 Å². The Hall–Kier alpha value is -1.64. The molecule has 0 saturated heterocycles. The van der Waals surface area contributed by atoms with Gasteiger partial charge in [-0.15, -0.1) is 0 Å². The van der Waals surface area contributed by atoms with E-state index >= 15 is 0 Å². The monoisotopic (exact) mass is 243 g/mol. The summed E-state index contributed by atoms with van der Waals surface area (Å²) in [6, 6.07) is 7.98. The highest BCUT2D eigenvalue weighted by atomic mass is 15.0. The molecule has 2 aromatic rings. The standard InChI is InChI=1S/C15H21N3/c1-10(2)11(3)9-16-15-12(4)17-13-7-5-6-8-14(13)18-15/h5-8,10-11H,9H2,1-4H3,(H,16,18). The number of nitrogens with zero attached hydrogens (tertiary/aromatic N) is 2. The summed E-state index contributed by atoms with van der Waals surface area (Å²) in [5, 5.41) is 3.41. The van der Waals surface area contributed by atoms with Gasteiger partial charge in [0.05, 0.1) is 16.7 Å². The lowest BCUT2D eigenvalue weighted by Crippen LogP contribution is -2.17. The number of para-hydroxylation sites is 2. The molecule has 96 valence electrons. The third-order valence-corrected chi connectivity index (χ3v) is 3.47. The molecule has 0 aliphatic rings. The Kier molecular flexibility index (Phi) is 3.80. The Balaban J connectivity index is 2.20. The Morgan fingerprint density at radius 3 is 2.28 bits per heavy atom. The first kappa shape index (κ1) is 12.8. The molecule has 1 unspecified atom stereocenters. The number of hydrogen-bond donors (Lipinski definition) is 1. The number of nitrogens with one attached hydrogen (secondary N) is 1. The topological polar surface area (TPSA) is 37.8 Å². The van der Waals surface area contributed by atoms with Crippen LogP contribution in [0, 0.1) is 18.8 Å². The molecular weight excluding hydrogens is 222 g/mol. The van der Waals surface area contributed by atoms with Crippen molar-refractivity contribution in [2.45, 2.75) is 27.7 Å². The lowest BCUT2D eigenvalue weighted by Gasteiger charge is -2.17. The zero-order chi connectivity index (χ0) is 13.1. The van der Waals surface area contributed by atoms with Crippen LogP contribution in [0.5, 0.6) is 0 Å². The molecule has 3 nitrogen and oxygen atoms in total. The average molecular weight is 243 g/mol. The van der Waals surface area contributed by atoms with Crippen molar-refractivity contribution in [3.8, 4) is 0 Å². The fraction of sp³-hybridized carbons (Fsp3) is 0.467. The van der Waals surface area contributed by atoms with Crippen LogP contribution in [0.15, 0.2) is 24.3 Å². The fourth-order valence-electron chi connectivity index (χ4n) is 1.75. The van der Waals surface area contributed by atoms with E-state index in [2.05, 4.69) is 36.1 Å². The minimum absolute atomic E-state index is 0.623. The van der Waals surface area contributed by atoms with Gasteiger partial charge in [-0.3, -0.25) is 0 Å². The van der Waals surface area contributed by atoms with Gasteiger partial charge in [0.2, 0.25) is 0 Å².